The molecule has 0 saturated carbocycles. The number of hydrogen-bond donors (Lipinski definition) is 6. The van der Waals surface area contributed by atoms with Crippen LogP contribution < -0.4 is 5.32 Å². The number of aliphatic carboxylic acids is 4. The first-order valence-corrected chi connectivity index (χ1v) is 4.51. The van der Waals surface area contributed by atoms with Crippen molar-refractivity contribution in [3.63, 3.8) is 0 Å². The molecule has 0 heterocycles. The summed E-state index contributed by atoms with van der Waals surface area (Å²) in [6, 6.07) is -3.97. The van der Waals surface area contributed by atoms with Crippen LogP contribution >= 0.6 is 0 Å². The molecule has 0 fully saturated rings. The van der Waals surface area contributed by atoms with Gasteiger partial charge in [0.1, 0.15) is 12.1 Å². The molecule has 0 aliphatic rings. The smallest absolute Gasteiger partial charge is 0.334 e. The highest BCUT2D eigenvalue weighted by Crippen LogP contribution is 2.01. The maximum absolute atomic E-state index is 10.7. The third kappa shape index (κ3) is 4.76. The Balaban J connectivity index is 4.93. The van der Waals surface area contributed by atoms with Gasteiger partial charge in [0.05, 0.1) is 6.42 Å². The van der Waals surface area contributed by atoms with Crippen molar-refractivity contribution in [2.45, 2.75) is 24.6 Å². The minimum atomic E-state index is -2.40. The van der Waals surface area contributed by atoms with Gasteiger partial charge in [-0.3, -0.25) is 19.7 Å². The molecule has 10 heteroatoms. The minimum absolute atomic E-state index is 0.967. The Hall–Kier alpha value is -2.20. The Bertz CT molecular complexity index is 366. The molecule has 1 unspecified atom stereocenters. The molecule has 0 radical (unpaired) electrons. The molecule has 0 aliphatic carbocycles. The average molecular weight is 265 g/mol. The van der Waals surface area contributed by atoms with E-state index in [0.717, 1.165) is 0 Å². The van der Waals surface area contributed by atoms with E-state index < -0.39 is 48.5 Å². The third-order valence-corrected chi connectivity index (χ3v) is 1.89. The van der Waals surface area contributed by atoms with Crippen LogP contribution in [-0.2, 0) is 19.2 Å². The second kappa shape index (κ2) is 6.51. The third-order valence-electron chi connectivity index (χ3n) is 1.89. The van der Waals surface area contributed by atoms with E-state index in [0.29, 0.717) is 0 Å². The fourth-order valence-electron chi connectivity index (χ4n) is 1.05. The number of aliphatic hydroxyl groups is 1. The monoisotopic (exact) mass is 265 g/mol. The lowest BCUT2D eigenvalue weighted by atomic mass is 10.1. The van der Waals surface area contributed by atoms with Crippen LogP contribution in [0.15, 0.2) is 0 Å². The topological polar surface area (TPSA) is 181 Å². The predicted octanol–water partition coefficient (Wildman–Crippen LogP) is -2.60. The molecule has 3 atom stereocenters. The van der Waals surface area contributed by atoms with Gasteiger partial charge in [0.2, 0.25) is 0 Å². The quantitative estimate of drug-likeness (QED) is 0.272. The van der Waals surface area contributed by atoms with Crippen molar-refractivity contribution in [2.24, 2.45) is 0 Å². The fourth-order valence-corrected chi connectivity index (χ4v) is 1.05. The molecule has 0 aliphatic heterocycles. The van der Waals surface area contributed by atoms with Gasteiger partial charge in [0.15, 0.2) is 6.10 Å². The van der Waals surface area contributed by atoms with E-state index in [1.54, 1.807) is 5.32 Å². The van der Waals surface area contributed by atoms with Crippen LogP contribution in [0.4, 0.5) is 0 Å². The summed E-state index contributed by atoms with van der Waals surface area (Å²) in [5.74, 6) is -6.90. The Labute approximate surface area is 99.5 Å². The van der Waals surface area contributed by atoms with Gasteiger partial charge in [-0.15, -0.1) is 0 Å². The van der Waals surface area contributed by atoms with Crippen molar-refractivity contribution in [1.29, 1.82) is 0 Å². The van der Waals surface area contributed by atoms with E-state index in [4.69, 9.17) is 25.5 Å². The number of hydrogen-bond acceptors (Lipinski definition) is 6. The van der Waals surface area contributed by atoms with Crippen molar-refractivity contribution in [3.8, 4) is 0 Å². The summed E-state index contributed by atoms with van der Waals surface area (Å²) in [6.07, 6.45) is -3.37. The van der Waals surface area contributed by atoms with Crippen LogP contribution in [0.5, 0.6) is 0 Å². The van der Waals surface area contributed by atoms with Gasteiger partial charge >= 0.3 is 23.9 Å². The summed E-state index contributed by atoms with van der Waals surface area (Å²) in [7, 11) is 0. The summed E-state index contributed by atoms with van der Waals surface area (Å²) in [5.41, 5.74) is 0. The van der Waals surface area contributed by atoms with Gasteiger partial charge in [-0.05, 0) is 0 Å². The second-order valence-corrected chi connectivity index (χ2v) is 3.25. The molecule has 0 saturated heterocycles. The van der Waals surface area contributed by atoms with Gasteiger partial charge in [-0.2, -0.15) is 0 Å². The molecule has 10 nitrogen and oxygen atoms in total. The lowest BCUT2D eigenvalue weighted by Crippen LogP contribution is -2.55. The zero-order valence-corrected chi connectivity index (χ0v) is 8.81. The van der Waals surface area contributed by atoms with E-state index in [9.17, 15) is 19.2 Å². The van der Waals surface area contributed by atoms with Crippen LogP contribution in [0.2, 0.25) is 0 Å². The Kier molecular flexibility index (Phi) is 5.72. The molecule has 0 spiro atoms. The number of rotatable bonds is 8. The summed E-state index contributed by atoms with van der Waals surface area (Å²) < 4.78 is 0. The molecule has 0 bridgehead atoms. The second-order valence-electron chi connectivity index (χ2n) is 3.25. The minimum Gasteiger partial charge on any atom is -0.481 e. The molecule has 0 aromatic heterocycles. The number of carbonyl (C=O) groups is 4. The van der Waals surface area contributed by atoms with Crippen molar-refractivity contribution in [1.82, 2.24) is 5.32 Å². The first-order valence-electron chi connectivity index (χ1n) is 4.51. The largest absolute Gasteiger partial charge is 0.481 e. The lowest BCUT2D eigenvalue weighted by molar-refractivity contribution is -0.158. The normalized spacial score (nSPS) is 15.4. The predicted molar refractivity (Wildman–Crippen MR) is 51.9 cm³/mol. The van der Waals surface area contributed by atoms with E-state index in [-0.39, 0.29) is 0 Å². The zero-order valence-electron chi connectivity index (χ0n) is 8.81. The molecule has 0 aromatic rings. The zero-order chi connectivity index (χ0) is 14.5. The number of nitrogens with one attached hydrogen (secondary N) is 1. The van der Waals surface area contributed by atoms with E-state index >= 15 is 0 Å². The molecule has 0 rings (SSSR count). The van der Waals surface area contributed by atoms with Gasteiger partial charge in [0, 0.05) is 0 Å². The highest BCUT2D eigenvalue weighted by atomic mass is 16.4. The number of aliphatic hydroxyl groups excluding tert-OH is 1. The lowest BCUT2D eigenvalue weighted by Gasteiger charge is -2.21. The maximum atomic E-state index is 10.7. The standard InChI is InChI=1S/C8H11NO9/c10-3(11)1-2(6(13)14)9-4(7(15)16)5(12)8(17)18/h2,4-5,9,12H,1H2,(H,10,11)(H,13,14)(H,15,16)(H,17,18)/t2-,4-,5?/m0/s1. The van der Waals surface area contributed by atoms with Crippen molar-refractivity contribution >= 4 is 23.9 Å². The number of carboxylic acids is 4. The SMILES string of the molecule is O=C(O)C[C@H](N[C@H](C(=O)O)C(O)C(=O)O)C(=O)O. The molecule has 6 N–H and O–H groups in total. The van der Waals surface area contributed by atoms with Crippen LogP contribution in [-0.4, -0.2) is 67.6 Å². The van der Waals surface area contributed by atoms with Gasteiger partial charge in [-0.25, -0.2) is 4.79 Å². The van der Waals surface area contributed by atoms with Crippen molar-refractivity contribution < 1.29 is 44.7 Å². The van der Waals surface area contributed by atoms with Gasteiger partial charge in [-0.1, -0.05) is 0 Å². The molecular weight excluding hydrogens is 254 g/mol. The molecular formula is C8H11NO9. The summed E-state index contributed by atoms with van der Waals surface area (Å²) in [4.78, 5) is 42.0. The first kappa shape index (κ1) is 15.8. The Morgan fingerprint density at radius 3 is 1.67 bits per heavy atom. The van der Waals surface area contributed by atoms with E-state index in [1.807, 2.05) is 0 Å². The maximum Gasteiger partial charge on any atom is 0.334 e. The van der Waals surface area contributed by atoms with Gasteiger partial charge in [0.25, 0.3) is 0 Å². The molecule has 0 amide bonds. The van der Waals surface area contributed by atoms with Crippen LogP contribution in [0.25, 0.3) is 0 Å². The summed E-state index contributed by atoms with van der Waals surface area (Å²) >= 11 is 0. The first-order chi connectivity index (χ1) is 8.16. The molecule has 0 aromatic carbocycles. The Morgan fingerprint density at radius 2 is 1.39 bits per heavy atom. The summed E-state index contributed by atoms with van der Waals surface area (Å²) in [6.45, 7) is 0. The van der Waals surface area contributed by atoms with Crippen molar-refractivity contribution in [2.75, 3.05) is 0 Å². The average Bonchev–Trinajstić information content (AvgIpc) is 2.21. The van der Waals surface area contributed by atoms with Crippen molar-refractivity contribution in [3.05, 3.63) is 0 Å². The van der Waals surface area contributed by atoms with Crippen LogP contribution in [0, 0.1) is 0 Å². The highest BCUT2D eigenvalue weighted by Gasteiger charge is 2.36. The van der Waals surface area contributed by atoms with E-state index in [1.165, 1.54) is 0 Å². The number of carboxylic acid groups (broad SMARTS) is 4. The molecule has 102 valence electrons. The highest BCUT2D eigenvalue weighted by molar-refractivity contribution is 5.86. The Morgan fingerprint density at radius 1 is 0.889 bits per heavy atom. The summed E-state index contributed by atoms with van der Waals surface area (Å²) in [5, 5.41) is 44.9. The molecule has 18 heavy (non-hydrogen) atoms. The van der Waals surface area contributed by atoms with Crippen LogP contribution in [0.1, 0.15) is 6.42 Å². The van der Waals surface area contributed by atoms with Gasteiger partial charge < -0.3 is 25.5 Å². The van der Waals surface area contributed by atoms with E-state index in [2.05, 4.69) is 0 Å². The fraction of sp³-hybridized carbons (Fsp3) is 0.500. The van der Waals surface area contributed by atoms with Crippen LogP contribution in [0.3, 0.4) is 0 Å².